The maximum atomic E-state index is 6.23. The van der Waals surface area contributed by atoms with Crippen LogP contribution in [0.5, 0.6) is 0 Å². The van der Waals surface area contributed by atoms with E-state index in [1.165, 1.54) is 5.56 Å². The Morgan fingerprint density at radius 1 is 0.900 bits per heavy atom. The lowest BCUT2D eigenvalue weighted by molar-refractivity contribution is 0.692. The first-order chi connectivity index (χ1) is 9.83. The van der Waals surface area contributed by atoms with Crippen molar-refractivity contribution in [1.29, 1.82) is 0 Å². The van der Waals surface area contributed by atoms with Crippen LogP contribution in [0.2, 0.25) is 5.15 Å². The van der Waals surface area contributed by atoms with Gasteiger partial charge in [0.1, 0.15) is 5.15 Å². The standard InChI is InChI=1S/C17H15ClN2/c18-17-15(10-14-8-4-5-9-16(14)20-17)12-19-11-13-6-2-1-3-7-13/h1-10,19H,11-12H2. The quantitative estimate of drug-likeness (QED) is 0.726. The molecule has 0 spiro atoms. The molecule has 0 saturated heterocycles. The van der Waals surface area contributed by atoms with Crippen LogP contribution in [0.4, 0.5) is 0 Å². The van der Waals surface area contributed by atoms with Crippen LogP contribution >= 0.6 is 11.6 Å². The fourth-order valence-corrected chi connectivity index (χ4v) is 2.41. The number of aromatic nitrogens is 1. The fraction of sp³-hybridized carbons (Fsp3) is 0.118. The zero-order chi connectivity index (χ0) is 13.8. The Hall–Kier alpha value is -1.90. The Labute approximate surface area is 123 Å². The number of nitrogens with zero attached hydrogens (tertiary/aromatic N) is 1. The lowest BCUT2D eigenvalue weighted by Crippen LogP contribution is -2.13. The third kappa shape index (κ3) is 2.98. The number of para-hydroxylation sites is 1. The molecular weight excluding hydrogens is 268 g/mol. The van der Waals surface area contributed by atoms with Crippen LogP contribution in [-0.4, -0.2) is 4.98 Å². The van der Waals surface area contributed by atoms with E-state index in [4.69, 9.17) is 11.6 Å². The van der Waals surface area contributed by atoms with E-state index in [0.29, 0.717) is 11.7 Å². The van der Waals surface area contributed by atoms with Crippen LogP contribution in [0.3, 0.4) is 0 Å². The Morgan fingerprint density at radius 2 is 1.65 bits per heavy atom. The Kier molecular flexibility index (Phi) is 3.95. The summed E-state index contributed by atoms with van der Waals surface area (Å²) in [6.45, 7) is 1.54. The van der Waals surface area contributed by atoms with E-state index < -0.39 is 0 Å². The number of fused-ring (bicyclic) bond motifs is 1. The number of halogens is 1. The molecule has 1 aromatic heterocycles. The van der Waals surface area contributed by atoms with Crippen molar-refractivity contribution in [3.63, 3.8) is 0 Å². The summed E-state index contributed by atoms with van der Waals surface area (Å²) >= 11 is 6.23. The van der Waals surface area contributed by atoms with E-state index in [-0.39, 0.29) is 0 Å². The average molecular weight is 283 g/mol. The molecule has 100 valence electrons. The van der Waals surface area contributed by atoms with Gasteiger partial charge >= 0.3 is 0 Å². The first kappa shape index (κ1) is 13.1. The second-order valence-corrected chi connectivity index (χ2v) is 5.08. The van der Waals surface area contributed by atoms with Crippen LogP contribution in [0.15, 0.2) is 60.7 Å². The molecular formula is C17H15ClN2. The first-order valence-corrected chi connectivity index (χ1v) is 6.99. The summed E-state index contributed by atoms with van der Waals surface area (Å²) in [5.41, 5.74) is 3.22. The van der Waals surface area contributed by atoms with Gasteiger partial charge in [-0.1, -0.05) is 60.1 Å². The van der Waals surface area contributed by atoms with Crippen molar-refractivity contribution in [2.24, 2.45) is 0 Å². The largest absolute Gasteiger partial charge is 0.309 e. The van der Waals surface area contributed by atoms with Gasteiger partial charge in [-0.25, -0.2) is 4.98 Å². The summed E-state index contributed by atoms with van der Waals surface area (Å²) in [5.74, 6) is 0. The van der Waals surface area contributed by atoms with Gasteiger partial charge in [-0.2, -0.15) is 0 Å². The molecule has 1 heterocycles. The van der Waals surface area contributed by atoms with Gasteiger partial charge in [0, 0.05) is 24.0 Å². The van der Waals surface area contributed by atoms with Crippen LogP contribution in [0.1, 0.15) is 11.1 Å². The van der Waals surface area contributed by atoms with Crippen molar-refractivity contribution in [3.05, 3.63) is 76.9 Å². The predicted octanol–water partition coefficient (Wildman–Crippen LogP) is 4.18. The number of rotatable bonds is 4. The molecule has 2 nitrogen and oxygen atoms in total. The van der Waals surface area contributed by atoms with Crippen molar-refractivity contribution in [1.82, 2.24) is 10.3 Å². The summed E-state index contributed by atoms with van der Waals surface area (Å²) in [4.78, 5) is 4.43. The Morgan fingerprint density at radius 3 is 2.50 bits per heavy atom. The highest BCUT2D eigenvalue weighted by atomic mass is 35.5. The molecule has 0 saturated carbocycles. The topological polar surface area (TPSA) is 24.9 Å². The van der Waals surface area contributed by atoms with E-state index in [1.54, 1.807) is 0 Å². The van der Waals surface area contributed by atoms with E-state index in [1.807, 2.05) is 36.4 Å². The second kappa shape index (κ2) is 6.04. The van der Waals surface area contributed by atoms with Crippen LogP contribution in [-0.2, 0) is 13.1 Å². The maximum Gasteiger partial charge on any atom is 0.134 e. The second-order valence-electron chi connectivity index (χ2n) is 4.72. The highest BCUT2D eigenvalue weighted by molar-refractivity contribution is 6.30. The molecule has 0 radical (unpaired) electrons. The molecule has 20 heavy (non-hydrogen) atoms. The van der Waals surface area contributed by atoms with Gasteiger partial charge in [0.2, 0.25) is 0 Å². The third-order valence-electron chi connectivity index (χ3n) is 3.24. The highest BCUT2D eigenvalue weighted by Gasteiger charge is 2.04. The highest BCUT2D eigenvalue weighted by Crippen LogP contribution is 2.20. The minimum absolute atomic E-state index is 0.573. The molecule has 0 aliphatic heterocycles. The van der Waals surface area contributed by atoms with Crippen LogP contribution in [0, 0.1) is 0 Å². The van der Waals surface area contributed by atoms with Gasteiger partial charge in [-0.05, 0) is 17.7 Å². The number of hydrogen-bond acceptors (Lipinski definition) is 2. The number of nitrogens with one attached hydrogen (secondary N) is 1. The maximum absolute atomic E-state index is 6.23. The summed E-state index contributed by atoms with van der Waals surface area (Å²) in [7, 11) is 0. The lowest BCUT2D eigenvalue weighted by Gasteiger charge is -2.08. The van der Waals surface area contributed by atoms with E-state index in [9.17, 15) is 0 Å². The number of pyridine rings is 1. The fourth-order valence-electron chi connectivity index (χ4n) is 2.20. The number of benzene rings is 2. The molecule has 0 fully saturated rings. The molecule has 0 bridgehead atoms. The van der Waals surface area contributed by atoms with Gasteiger partial charge in [0.15, 0.2) is 0 Å². The third-order valence-corrected chi connectivity index (χ3v) is 3.56. The zero-order valence-corrected chi connectivity index (χ0v) is 11.8. The molecule has 3 heteroatoms. The molecule has 0 amide bonds. The molecule has 0 unspecified atom stereocenters. The van der Waals surface area contributed by atoms with E-state index >= 15 is 0 Å². The smallest absolute Gasteiger partial charge is 0.134 e. The molecule has 0 aliphatic carbocycles. The van der Waals surface area contributed by atoms with Gasteiger partial charge in [-0.3, -0.25) is 0 Å². The minimum Gasteiger partial charge on any atom is -0.309 e. The van der Waals surface area contributed by atoms with Crippen molar-refractivity contribution in [3.8, 4) is 0 Å². The van der Waals surface area contributed by atoms with E-state index in [0.717, 1.165) is 23.0 Å². The van der Waals surface area contributed by atoms with Crippen LogP contribution in [0.25, 0.3) is 10.9 Å². The molecule has 0 aliphatic rings. The van der Waals surface area contributed by atoms with Gasteiger partial charge in [0.05, 0.1) is 5.52 Å². The molecule has 0 atom stereocenters. The first-order valence-electron chi connectivity index (χ1n) is 6.62. The van der Waals surface area contributed by atoms with Crippen molar-refractivity contribution >= 4 is 22.5 Å². The van der Waals surface area contributed by atoms with Crippen molar-refractivity contribution in [2.45, 2.75) is 13.1 Å². The number of hydrogen-bond donors (Lipinski definition) is 1. The molecule has 1 N–H and O–H groups in total. The lowest BCUT2D eigenvalue weighted by atomic mass is 10.1. The Balaban J connectivity index is 1.72. The summed E-state index contributed by atoms with van der Waals surface area (Å²) in [5, 5.41) is 5.09. The van der Waals surface area contributed by atoms with Gasteiger partial charge in [0.25, 0.3) is 0 Å². The molecule has 3 aromatic rings. The predicted molar refractivity (Wildman–Crippen MR) is 83.7 cm³/mol. The summed E-state index contributed by atoms with van der Waals surface area (Å²) < 4.78 is 0. The monoisotopic (exact) mass is 282 g/mol. The van der Waals surface area contributed by atoms with Crippen molar-refractivity contribution in [2.75, 3.05) is 0 Å². The zero-order valence-electron chi connectivity index (χ0n) is 11.0. The summed E-state index contributed by atoms with van der Waals surface area (Å²) in [6.07, 6.45) is 0. The van der Waals surface area contributed by atoms with Gasteiger partial charge in [-0.15, -0.1) is 0 Å². The minimum atomic E-state index is 0.573. The molecule has 2 aromatic carbocycles. The van der Waals surface area contributed by atoms with Crippen LogP contribution < -0.4 is 5.32 Å². The van der Waals surface area contributed by atoms with Gasteiger partial charge < -0.3 is 5.32 Å². The Bertz CT molecular complexity index is 711. The summed E-state index contributed by atoms with van der Waals surface area (Å²) in [6, 6.07) is 20.4. The van der Waals surface area contributed by atoms with E-state index in [2.05, 4.69) is 34.6 Å². The normalized spacial score (nSPS) is 10.8. The average Bonchev–Trinajstić information content (AvgIpc) is 2.49. The van der Waals surface area contributed by atoms with Crippen molar-refractivity contribution < 1.29 is 0 Å². The SMILES string of the molecule is Clc1nc2ccccc2cc1CNCc1ccccc1. The molecule has 3 rings (SSSR count).